The molecule has 3 aromatic heterocycles. The lowest BCUT2D eigenvalue weighted by molar-refractivity contribution is -0.131. The number of piperazine rings is 1. The van der Waals surface area contributed by atoms with Crippen LogP contribution in [0.2, 0.25) is 0 Å². The number of anilines is 3. The summed E-state index contributed by atoms with van der Waals surface area (Å²) in [5, 5.41) is 11.2. The number of benzene rings is 2. The van der Waals surface area contributed by atoms with Gasteiger partial charge < -0.3 is 24.6 Å². The van der Waals surface area contributed by atoms with Crippen LogP contribution in [-0.2, 0) is 11.8 Å². The van der Waals surface area contributed by atoms with Gasteiger partial charge in [-0.3, -0.25) is 4.79 Å². The Balaban J connectivity index is 1.31. The van der Waals surface area contributed by atoms with Crippen molar-refractivity contribution >= 4 is 45.3 Å². The minimum absolute atomic E-state index is 0.119. The fraction of sp³-hybridized carbons (Fsp3) is 0.290. The Morgan fingerprint density at radius 1 is 1.09 bits per heavy atom. The smallest absolute Gasteiger partial charge is 0.387 e. The van der Waals surface area contributed by atoms with Gasteiger partial charge in [-0.05, 0) is 62.7 Å². The van der Waals surface area contributed by atoms with Crippen LogP contribution in [0.1, 0.15) is 19.4 Å². The molecule has 12 nitrogen and oxygen atoms in total. The molecule has 0 saturated carbocycles. The topological polar surface area (TPSA) is 123 Å². The number of aromatic nitrogens is 6. The molecule has 1 amide bonds. The summed E-state index contributed by atoms with van der Waals surface area (Å²) in [6.45, 7) is 7.92. The molecule has 1 saturated heterocycles. The van der Waals surface area contributed by atoms with Crippen molar-refractivity contribution in [1.82, 2.24) is 34.8 Å². The lowest BCUT2D eigenvalue weighted by Crippen LogP contribution is -2.61. The summed E-state index contributed by atoms with van der Waals surface area (Å²) in [4.78, 5) is 29.8. The molecule has 1 fully saturated rings. The third kappa shape index (κ3) is 5.90. The van der Waals surface area contributed by atoms with Crippen LogP contribution in [-0.4, -0.2) is 72.5 Å². The number of nitrogens with zero attached hydrogens (tertiary/aromatic N) is 8. The Hall–Kier alpha value is -5.40. The Morgan fingerprint density at radius 3 is 2.67 bits per heavy atom. The molecule has 0 radical (unpaired) electrons. The monoisotopic (exact) mass is 615 g/mol. The van der Waals surface area contributed by atoms with Gasteiger partial charge in [-0.25, -0.2) is 19.6 Å². The number of amides is 1. The van der Waals surface area contributed by atoms with Gasteiger partial charge in [0.25, 0.3) is 0 Å². The van der Waals surface area contributed by atoms with E-state index in [0.29, 0.717) is 64.9 Å². The number of carbonyl (C=O) groups is 1. The summed E-state index contributed by atoms with van der Waals surface area (Å²) >= 11 is 0. The number of hydrogen-bond acceptors (Lipinski definition) is 10. The summed E-state index contributed by atoms with van der Waals surface area (Å²) in [6, 6.07) is 12.0. The van der Waals surface area contributed by atoms with Crippen LogP contribution in [0, 0.1) is 6.92 Å². The summed E-state index contributed by atoms with van der Waals surface area (Å²) in [6.07, 6.45) is 2.70. The summed E-state index contributed by atoms with van der Waals surface area (Å²) in [5.41, 5.74) is 2.89. The lowest BCUT2D eigenvalue weighted by atomic mass is 9.98. The molecule has 0 atom stereocenters. The van der Waals surface area contributed by atoms with E-state index in [-0.39, 0.29) is 17.3 Å². The summed E-state index contributed by atoms with van der Waals surface area (Å²) in [5.74, 6) is 1.50. The van der Waals surface area contributed by atoms with Gasteiger partial charge >= 0.3 is 6.61 Å². The minimum Gasteiger partial charge on any atom is -0.457 e. The molecule has 1 N–H and O–H groups in total. The molecule has 4 heterocycles. The van der Waals surface area contributed by atoms with E-state index in [2.05, 4.69) is 37.1 Å². The predicted molar refractivity (Wildman–Crippen MR) is 165 cm³/mol. The van der Waals surface area contributed by atoms with Gasteiger partial charge in [-0.1, -0.05) is 11.8 Å². The highest BCUT2D eigenvalue weighted by atomic mass is 19.3. The molecule has 1 aliphatic heterocycles. The highest BCUT2D eigenvalue weighted by Crippen LogP contribution is 2.38. The van der Waals surface area contributed by atoms with E-state index < -0.39 is 12.2 Å². The van der Waals surface area contributed by atoms with E-state index >= 15 is 0 Å². The fourth-order valence-corrected chi connectivity index (χ4v) is 5.48. The van der Waals surface area contributed by atoms with Crippen molar-refractivity contribution in [3.05, 3.63) is 67.0 Å². The number of hydrogen-bond donors (Lipinski definition) is 1. The third-order valence-corrected chi connectivity index (χ3v) is 7.69. The van der Waals surface area contributed by atoms with Crippen LogP contribution in [0.4, 0.5) is 26.1 Å². The average molecular weight is 616 g/mol. The predicted octanol–water partition coefficient (Wildman–Crippen LogP) is 5.37. The largest absolute Gasteiger partial charge is 0.457 e. The Morgan fingerprint density at radius 2 is 1.91 bits per heavy atom. The van der Waals surface area contributed by atoms with Gasteiger partial charge in [-0.2, -0.15) is 8.78 Å². The number of nitrogens with one attached hydrogen (secondary N) is 1. The second-order valence-electron chi connectivity index (χ2n) is 11.3. The number of pyridine rings is 1. The molecule has 0 unspecified atom stereocenters. The summed E-state index contributed by atoms with van der Waals surface area (Å²) in [7, 11) is 1.78. The molecule has 0 bridgehead atoms. The van der Waals surface area contributed by atoms with Crippen molar-refractivity contribution in [2.45, 2.75) is 32.9 Å². The van der Waals surface area contributed by atoms with Gasteiger partial charge in [-0.15, -0.1) is 5.10 Å². The molecular weight excluding hydrogens is 584 g/mol. The van der Waals surface area contributed by atoms with Crippen LogP contribution in [0.25, 0.3) is 22.1 Å². The van der Waals surface area contributed by atoms with Gasteiger partial charge in [0.05, 0.1) is 22.3 Å². The Labute approximate surface area is 257 Å². The normalized spacial score (nSPS) is 14.6. The van der Waals surface area contributed by atoms with E-state index in [0.717, 1.165) is 5.52 Å². The molecular formula is C31H31F2N9O3. The van der Waals surface area contributed by atoms with E-state index in [1.807, 2.05) is 32.0 Å². The molecule has 2 aromatic carbocycles. The Kier molecular flexibility index (Phi) is 7.64. The third-order valence-electron chi connectivity index (χ3n) is 7.69. The number of alkyl halides is 2. The van der Waals surface area contributed by atoms with Gasteiger partial charge in [0, 0.05) is 38.8 Å². The molecule has 6 rings (SSSR count). The number of carbonyl (C=O) groups excluding carboxylic acids is 1. The SMILES string of the molecule is C=CC(=O)N1CCN(c2ccc3ncnc(Nc4cc(C)c(Oc5ccc6c(c5)nnn6C)cc4OC(F)F)c3n2)CC1(C)C. The number of rotatable bonds is 8. The van der Waals surface area contributed by atoms with Crippen molar-refractivity contribution in [2.24, 2.45) is 7.05 Å². The standard InChI is InChI=1S/C31H31F2N9O3/c1-6-27(43)42-12-11-41(16-31(42,3)4)26-10-8-20-28(37-26)29(35-17-34-20)36-22-13-18(2)24(15-25(22)45-30(32)33)44-19-7-9-23-21(14-19)38-39-40(23)5/h6-10,13-15,17,30H,1,11-12,16H2,2-5H3,(H,34,35,36). The van der Waals surface area contributed by atoms with Crippen molar-refractivity contribution in [3.63, 3.8) is 0 Å². The second-order valence-corrected chi connectivity index (χ2v) is 11.3. The van der Waals surface area contributed by atoms with Crippen molar-refractivity contribution in [2.75, 3.05) is 29.9 Å². The van der Waals surface area contributed by atoms with Crippen LogP contribution in [0.5, 0.6) is 17.2 Å². The first-order chi connectivity index (χ1) is 21.5. The minimum atomic E-state index is -3.08. The average Bonchev–Trinajstić information content (AvgIpc) is 3.37. The lowest BCUT2D eigenvalue weighted by Gasteiger charge is -2.47. The zero-order valence-electron chi connectivity index (χ0n) is 25.2. The first-order valence-electron chi connectivity index (χ1n) is 14.2. The molecule has 1 aliphatic rings. The van der Waals surface area contributed by atoms with Crippen LogP contribution >= 0.6 is 0 Å². The first kappa shape index (κ1) is 29.7. The molecule has 232 valence electrons. The zero-order valence-corrected chi connectivity index (χ0v) is 25.2. The number of aryl methyl sites for hydroxylation is 2. The van der Waals surface area contributed by atoms with E-state index in [4.69, 9.17) is 14.5 Å². The Bertz CT molecular complexity index is 1930. The quantitative estimate of drug-likeness (QED) is 0.228. The van der Waals surface area contributed by atoms with Crippen LogP contribution in [0.15, 0.2) is 61.4 Å². The zero-order chi connectivity index (χ0) is 31.9. The number of halogens is 2. The number of ether oxygens (including phenoxy) is 2. The molecule has 5 aromatic rings. The van der Waals surface area contributed by atoms with E-state index in [1.165, 1.54) is 18.5 Å². The van der Waals surface area contributed by atoms with Crippen LogP contribution < -0.4 is 19.7 Å². The number of fused-ring (bicyclic) bond motifs is 2. The summed E-state index contributed by atoms with van der Waals surface area (Å²) < 4.78 is 39.7. The molecule has 0 spiro atoms. The highest BCUT2D eigenvalue weighted by Gasteiger charge is 2.36. The van der Waals surface area contributed by atoms with Crippen molar-refractivity contribution in [3.8, 4) is 17.2 Å². The van der Waals surface area contributed by atoms with Crippen molar-refractivity contribution in [1.29, 1.82) is 0 Å². The molecule has 45 heavy (non-hydrogen) atoms. The molecule has 14 heteroatoms. The van der Waals surface area contributed by atoms with Crippen molar-refractivity contribution < 1.29 is 23.0 Å². The highest BCUT2D eigenvalue weighted by molar-refractivity contribution is 5.89. The maximum absolute atomic E-state index is 13.6. The maximum atomic E-state index is 13.6. The van der Waals surface area contributed by atoms with E-state index in [9.17, 15) is 13.6 Å². The maximum Gasteiger partial charge on any atom is 0.387 e. The van der Waals surface area contributed by atoms with Gasteiger partial charge in [0.2, 0.25) is 5.91 Å². The first-order valence-corrected chi connectivity index (χ1v) is 14.2. The van der Waals surface area contributed by atoms with E-state index in [1.54, 1.807) is 41.8 Å². The van der Waals surface area contributed by atoms with Gasteiger partial charge in [0.1, 0.15) is 34.7 Å². The van der Waals surface area contributed by atoms with Gasteiger partial charge in [0.15, 0.2) is 11.6 Å². The molecule has 0 aliphatic carbocycles. The van der Waals surface area contributed by atoms with Crippen LogP contribution in [0.3, 0.4) is 0 Å². The second kappa shape index (κ2) is 11.6. The fourth-order valence-electron chi connectivity index (χ4n) is 5.48.